The van der Waals surface area contributed by atoms with Crippen LogP contribution in [0, 0.1) is 11.8 Å². The largest absolute Gasteiger partial charge is 0.492 e. The molecule has 3 rings (SSSR count). The molecule has 1 aliphatic carbocycles. The van der Waals surface area contributed by atoms with Gasteiger partial charge in [-0.25, -0.2) is 0 Å². The molecule has 1 saturated carbocycles. The third-order valence-electron chi connectivity index (χ3n) is 4.62. The van der Waals surface area contributed by atoms with Gasteiger partial charge in [0.25, 0.3) is 5.91 Å². The first-order valence-corrected chi connectivity index (χ1v) is 7.83. The summed E-state index contributed by atoms with van der Waals surface area (Å²) in [5.74, 6) is -0.233. The first-order chi connectivity index (χ1) is 10.6. The van der Waals surface area contributed by atoms with Crippen molar-refractivity contribution >= 4 is 11.9 Å². The van der Waals surface area contributed by atoms with E-state index >= 15 is 0 Å². The van der Waals surface area contributed by atoms with Gasteiger partial charge in [0, 0.05) is 12.6 Å². The SMILES string of the molecule is CC1C(C(=O)O)CCN1C(=O)c1ccccc1OCC1CC1. The summed E-state index contributed by atoms with van der Waals surface area (Å²) in [5, 5.41) is 9.20. The highest BCUT2D eigenvalue weighted by molar-refractivity contribution is 5.97. The van der Waals surface area contributed by atoms with Crippen molar-refractivity contribution in [1.29, 1.82) is 0 Å². The number of carbonyl (C=O) groups is 2. The lowest BCUT2D eigenvalue weighted by molar-refractivity contribution is -0.142. The monoisotopic (exact) mass is 303 g/mol. The Hall–Kier alpha value is -2.04. The fourth-order valence-electron chi connectivity index (χ4n) is 2.97. The summed E-state index contributed by atoms with van der Waals surface area (Å²) in [6.45, 7) is 2.93. The highest BCUT2D eigenvalue weighted by Gasteiger charge is 2.39. The van der Waals surface area contributed by atoms with Crippen LogP contribution in [0.4, 0.5) is 0 Å². The minimum Gasteiger partial charge on any atom is -0.492 e. The Kier molecular flexibility index (Phi) is 4.05. The van der Waals surface area contributed by atoms with Crippen LogP contribution in [0.3, 0.4) is 0 Å². The standard InChI is InChI=1S/C17H21NO4/c1-11-13(17(20)21)8-9-18(11)16(19)14-4-2-3-5-15(14)22-10-12-6-7-12/h2-5,11-13H,6-10H2,1H3,(H,20,21). The molecule has 0 bridgehead atoms. The molecule has 1 aliphatic heterocycles. The molecule has 5 heteroatoms. The Labute approximate surface area is 129 Å². The van der Waals surface area contributed by atoms with E-state index in [-0.39, 0.29) is 11.9 Å². The Morgan fingerprint density at radius 3 is 2.64 bits per heavy atom. The van der Waals surface area contributed by atoms with Gasteiger partial charge in [0.1, 0.15) is 5.75 Å². The van der Waals surface area contributed by atoms with Crippen LogP contribution >= 0.6 is 0 Å². The molecule has 2 fully saturated rings. The molecule has 118 valence electrons. The summed E-state index contributed by atoms with van der Waals surface area (Å²) < 4.78 is 5.79. The summed E-state index contributed by atoms with van der Waals surface area (Å²) in [4.78, 5) is 25.6. The first kappa shape index (κ1) is 14.9. The molecule has 0 aromatic heterocycles. The van der Waals surface area contributed by atoms with Crippen LogP contribution in [0.1, 0.15) is 36.5 Å². The van der Waals surface area contributed by atoms with Gasteiger partial charge in [-0.2, -0.15) is 0 Å². The predicted molar refractivity (Wildman–Crippen MR) is 80.9 cm³/mol. The van der Waals surface area contributed by atoms with Crippen LogP contribution in [0.5, 0.6) is 5.75 Å². The number of amides is 1. The third-order valence-corrected chi connectivity index (χ3v) is 4.62. The number of rotatable bonds is 5. The minimum atomic E-state index is -0.832. The lowest BCUT2D eigenvalue weighted by Gasteiger charge is -2.24. The zero-order valence-corrected chi connectivity index (χ0v) is 12.7. The zero-order valence-electron chi connectivity index (χ0n) is 12.7. The van der Waals surface area contributed by atoms with Crippen LogP contribution in [-0.2, 0) is 4.79 Å². The van der Waals surface area contributed by atoms with Gasteiger partial charge in [-0.1, -0.05) is 12.1 Å². The van der Waals surface area contributed by atoms with E-state index < -0.39 is 11.9 Å². The minimum absolute atomic E-state index is 0.136. The zero-order chi connectivity index (χ0) is 15.7. The maximum absolute atomic E-state index is 12.8. The second kappa shape index (κ2) is 5.99. The van der Waals surface area contributed by atoms with Crippen molar-refractivity contribution in [3.05, 3.63) is 29.8 Å². The molecule has 1 N–H and O–H groups in total. The van der Waals surface area contributed by atoms with Gasteiger partial charge in [0.05, 0.1) is 18.1 Å². The predicted octanol–water partition coefficient (Wildman–Crippen LogP) is 2.41. The van der Waals surface area contributed by atoms with Crippen molar-refractivity contribution in [2.45, 2.75) is 32.2 Å². The van der Waals surface area contributed by atoms with Gasteiger partial charge in [-0.05, 0) is 44.2 Å². The second-order valence-electron chi connectivity index (χ2n) is 6.22. The average molecular weight is 303 g/mol. The van der Waals surface area contributed by atoms with E-state index in [2.05, 4.69) is 0 Å². The normalized spacial score (nSPS) is 24.3. The molecule has 1 heterocycles. The van der Waals surface area contributed by atoms with Crippen molar-refractivity contribution in [3.8, 4) is 5.75 Å². The maximum atomic E-state index is 12.8. The molecule has 1 amide bonds. The van der Waals surface area contributed by atoms with Gasteiger partial charge < -0.3 is 14.7 Å². The molecule has 22 heavy (non-hydrogen) atoms. The van der Waals surface area contributed by atoms with Crippen molar-refractivity contribution in [2.24, 2.45) is 11.8 Å². The summed E-state index contributed by atoms with van der Waals surface area (Å²) in [7, 11) is 0. The number of carbonyl (C=O) groups excluding carboxylic acids is 1. The maximum Gasteiger partial charge on any atom is 0.308 e. The van der Waals surface area contributed by atoms with Crippen molar-refractivity contribution < 1.29 is 19.4 Å². The molecule has 0 radical (unpaired) electrons. The van der Waals surface area contributed by atoms with E-state index in [0.717, 1.165) is 0 Å². The Balaban J connectivity index is 1.75. The van der Waals surface area contributed by atoms with E-state index in [1.807, 2.05) is 18.2 Å². The number of carboxylic acids is 1. The quantitative estimate of drug-likeness (QED) is 0.907. The van der Waals surface area contributed by atoms with Crippen LogP contribution in [0.2, 0.25) is 0 Å². The molecule has 1 aromatic rings. The number of carboxylic acid groups (broad SMARTS) is 1. The average Bonchev–Trinajstić information content (AvgIpc) is 3.25. The van der Waals surface area contributed by atoms with Crippen LogP contribution in [0.25, 0.3) is 0 Å². The smallest absolute Gasteiger partial charge is 0.308 e. The van der Waals surface area contributed by atoms with Gasteiger partial charge in [0.2, 0.25) is 0 Å². The Morgan fingerprint density at radius 2 is 2.00 bits per heavy atom. The fourth-order valence-corrected chi connectivity index (χ4v) is 2.97. The molecular weight excluding hydrogens is 282 g/mol. The molecular formula is C17H21NO4. The van der Waals surface area contributed by atoms with Gasteiger partial charge in [0.15, 0.2) is 0 Å². The highest BCUT2D eigenvalue weighted by atomic mass is 16.5. The van der Waals surface area contributed by atoms with E-state index in [9.17, 15) is 14.7 Å². The molecule has 2 aliphatic rings. The molecule has 0 spiro atoms. The van der Waals surface area contributed by atoms with E-state index in [1.165, 1.54) is 12.8 Å². The number of likely N-dealkylation sites (tertiary alicyclic amines) is 1. The van der Waals surface area contributed by atoms with Crippen molar-refractivity contribution in [1.82, 2.24) is 4.90 Å². The number of benzene rings is 1. The highest BCUT2D eigenvalue weighted by Crippen LogP contribution is 2.32. The van der Waals surface area contributed by atoms with E-state index in [1.54, 1.807) is 17.9 Å². The number of ether oxygens (including phenoxy) is 1. The fraction of sp³-hybridized carbons (Fsp3) is 0.529. The van der Waals surface area contributed by atoms with E-state index in [4.69, 9.17) is 4.74 Å². The van der Waals surface area contributed by atoms with Crippen LogP contribution in [-0.4, -0.2) is 41.1 Å². The number of nitrogens with zero attached hydrogens (tertiary/aromatic N) is 1. The van der Waals surface area contributed by atoms with E-state index in [0.29, 0.717) is 36.8 Å². The molecule has 5 nitrogen and oxygen atoms in total. The van der Waals surface area contributed by atoms with Crippen LogP contribution in [0.15, 0.2) is 24.3 Å². The summed E-state index contributed by atoms with van der Waals surface area (Å²) in [5.41, 5.74) is 0.529. The third kappa shape index (κ3) is 2.93. The van der Waals surface area contributed by atoms with Gasteiger partial charge in [-0.15, -0.1) is 0 Å². The van der Waals surface area contributed by atoms with Crippen LogP contribution < -0.4 is 4.74 Å². The van der Waals surface area contributed by atoms with Gasteiger partial charge >= 0.3 is 5.97 Å². The Bertz CT molecular complexity index is 582. The lowest BCUT2D eigenvalue weighted by atomic mass is 10.0. The number of hydrogen-bond donors (Lipinski definition) is 1. The molecule has 2 unspecified atom stereocenters. The molecule has 2 atom stereocenters. The Morgan fingerprint density at radius 1 is 1.27 bits per heavy atom. The number of para-hydroxylation sites is 1. The molecule has 1 saturated heterocycles. The summed E-state index contributed by atoms with van der Waals surface area (Å²) in [6, 6.07) is 6.94. The molecule has 1 aromatic carbocycles. The second-order valence-corrected chi connectivity index (χ2v) is 6.22. The lowest BCUT2D eigenvalue weighted by Crippen LogP contribution is -2.37. The number of aliphatic carboxylic acids is 1. The van der Waals surface area contributed by atoms with Gasteiger partial charge in [-0.3, -0.25) is 9.59 Å². The number of hydrogen-bond acceptors (Lipinski definition) is 3. The first-order valence-electron chi connectivity index (χ1n) is 7.83. The van der Waals surface area contributed by atoms with Crippen molar-refractivity contribution in [3.63, 3.8) is 0 Å². The topological polar surface area (TPSA) is 66.8 Å². The van der Waals surface area contributed by atoms with Crippen molar-refractivity contribution in [2.75, 3.05) is 13.2 Å². The summed E-state index contributed by atoms with van der Waals surface area (Å²) >= 11 is 0. The summed E-state index contributed by atoms with van der Waals surface area (Å²) in [6.07, 6.45) is 2.90.